The smallest absolute Gasteiger partial charge is 0.328 e. The Morgan fingerprint density at radius 2 is 1.21 bits per heavy atom. The minimum absolute atomic E-state index is 0.000577. The van der Waals surface area contributed by atoms with E-state index in [4.69, 9.17) is 9.47 Å². The quantitative estimate of drug-likeness (QED) is 0.198. The summed E-state index contributed by atoms with van der Waals surface area (Å²) < 4.78 is 14.9. The summed E-state index contributed by atoms with van der Waals surface area (Å²) in [6.07, 6.45) is -0.442. The molecule has 3 rings (SSSR count). The van der Waals surface area contributed by atoms with Crippen LogP contribution >= 0.6 is 0 Å². The maximum absolute atomic E-state index is 12.4. The number of ether oxygens (including phenoxy) is 3. The fourth-order valence-electron chi connectivity index (χ4n) is 3.11. The Morgan fingerprint density at radius 3 is 1.74 bits per heavy atom. The molecule has 0 saturated carbocycles. The zero-order valence-corrected chi connectivity index (χ0v) is 18.8. The molecule has 0 bridgehead atoms. The van der Waals surface area contributed by atoms with Crippen LogP contribution in [0.3, 0.4) is 0 Å². The standard InChI is InChI=1S/C27H25NO6/c1-32-24(29)16-25(30)33-18-20-9-8-10-21(15-20)19-34-26(31)17-28-27(22-11-4-2-5-12-22)23-13-6-3-7-14-23/h2-15H,16-19H2,1H3. The van der Waals surface area contributed by atoms with Crippen molar-refractivity contribution in [3.8, 4) is 0 Å². The van der Waals surface area contributed by atoms with Crippen LogP contribution in [0.2, 0.25) is 0 Å². The summed E-state index contributed by atoms with van der Waals surface area (Å²) in [4.78, 5) is 39.6. The third kappa shape index (κ3) is 7.70. The van der Waals surface area contributed by atoms with Gasteiger partial charge in [-0.05, 0) is 17.2 Å². The lowest BCUT2D eigenvalue weighted by Gasteiger charge is -2.09. The van der Waals surface area contributed by atoms with Gasteiger partial charge < -0.3 is 14.2 Å². The van der Waals surface area contributed by atoms with Gasteiger partial charge in [0.15, 0.2) is 0 Å². The highest BCUT2D eigenvalue weighted by atomic mass is 16.5. The molecule has 0 aliphatic heterocycles. The van der Waals surface area contributed by atoms with E-state index in [0.29, 0.717) is 11.3 Å². The van der Waals surface area contributed by atoms with Gasteiger partial charge in [0.2, 0.25) is 0 Å². The number of nitrogens with zero attached hydrogens (tertiary/aromatic N) is 1. The second-order valence-electron chi connectivity index (χ2n) is 7.29. The Kier molecular flexibility index (Phi) is 9.10. The monoisotopic (exact) mass is 459 g/mol. The van der Waals surface area contributed by atoms with Crippen molar-refractivity contribution in [2.24, 2.45) is 4.99 Å². The zero-order valence-electron chi connectivity index (χ0n) is 18.8. The molecular weight excluding hydrogens is 434 g/mol. The number of rotatable bonds is 10. The molecule has 0 N–H and O–H groups in total. The fraction of sp³-hybridized carbons (Fsp3) is 0.185. The minimum atomic E-state index is -0.672. The molecule has 3 aromatic carbocycles. The van der Waals surface area contributed by atoms with Crippen LogP contribution in [0, 0.1) is 0 Å². The first-order valence-electron chi connectivity index (χ1n) is 10.7. The molecule has 0 unspecified atom stereocenters. The van der Waals surface area contributed by atoms with Crippen LogP contribution in [-0.4, -0.2) is 37.3 Å². The second-order valence-corrected chi connectivity index (χ2v) is 7.29. The number of hydrogen-bond donors (Lipinski definition) is 0. The number of carbonyl (C=O) groups is 3. The van der Waals surface area contributed by atoms with Crippen molar-refractivity contribution in [3.63, 3.8) is 0 Å². The van der Waals surface area contributed by atoms with E-state index in [2.05, 4.69) is 9.73 Å². The molecule has 0 aromatic heterocycles. The maximum atomic E-state index is 12.4. The van der Waals surface area contributed by atoms with Crippen molar-refractivity contribution in [1.82, 2.24) is 0 Å². The van der Waals surface area contributed by atoms with E-state index in [1.54, 1.807) is 24.3 Å². The maximum Gasteiger partial charge on any atom is 0.328 e. The Labute approximate surface area is 198 Å². The highest BCUT2D eigenvalue weighted by Gasteiger charge is 2.12. The number of benzene rings is 3. The van der Waals surface area contributed by atoms with Gasteiger partial charge in [0.05, 0.1) is 12.8 Å². The summed E-state index contributed by atoms with van der Waals surface area (Å²) in [5.41, 5.74) is 3.99. The molecular formula is C27H25NO6. The van der Waals surface area contributed by atoms with Gasteiger partial charge in [-0.3, -0.25) is 19.4 Å². The van der Waals surface area contributed by atoms with Gasteiger partial charge in [-0.2, -0.15) is 0 Å². The predicted octanol–water partition coefficient (Wildman–Crippen LogP) is 3.87. The van der Waals surface area contributed by atoms with Crippen LogP contribution in [0.4, 0.5) is 0 Å². The van der Waals surface area contributed by atoms with Gasteiger partial charge in [-0.1, -0.05) is 78.9 Å². The largest absolute Gasteiger partial charge is 0.469 e. The van der Waals surface area contributed by atoms with Crippen LogP contribution in [0.5, 0.6) is 0 Å². The molecule has 3 aromatic rings. The molecule has 0 fully saturated rings. The fourth-order valence-corrected chi connectivity index (χ4v) is 3.11. The summed E-state index contributed by atoms with van der Waals surface area (Å²) in [6.45, 7) is -0.0618. The van der Waals surface area contributed by atoms with E-state index in [0.717, 1.165) is 16.7 Å². The normalized spacial score (nSPS) is 10.1. The molecule has 0 spiro atoms. The first kappa shape index (κ1) is 24.4. The molecule has 34 heavy (non-hydrogen) atoms. The Balaban J connectivity index is 1.57. The molecule has 0 aliphatic carbocycles. The second kappa shape index (κ2) is 12.7. The van der Waals surface area contributed by atoms with E-state index in [1.807, 2.05) is 60.7 Å². The molecule has 0 heterocycles. The van der Waals surface area contributed by atoms with Crippen molar-refractivity contribution in [2.45, 2.75) is 19.6 Å². The number of methoxy groups -OCH3 is 1. The Morgan fingerprint density at radius 1 is 0.676 bits per heavy atom. The summed E-state index contributed by atoms with van der Waals surface area (Å²) in [5, 5.41) is 0. The van der Waals surface area contributed by atoms with Crippen molar-refractivity contribution >= 4 is 23.6 Å². The van der Waals surface area contributed by atoms with E-state index < -0.39 is 24.3 Å². The first-order valence-corrected chi connectivity index (χ1v) is 10.7. The van der Waals surface area contributed by atoms with Gasteiger partial charge in [-0.15, -0.1) is 0 Å². The summed E-state index contributed by atoms with van der Waals surface area (Å²) >= 11 is 0. The summed E-state index contributed by atoms with van der Waals surface area (Å²) in [7, 11) is 1.20. The third-order valence-electron chi connectivity index (χ3n) is 4.77. The summed E-state index contributed by atoms with van der Waals surface area (Å²) in [6, 6.07) is 26.4. The van der Waals surface area contributed by atoms with Gasteiger partial charge >= 0.3 is 17.9 Å². The van der Waals surface area contributed by atoms with E-state index in [1.165, 1.54) is 7.11 Å². The third-order valence-corrected chi connectivity index (χ3v) is 4.77. The molecule has 0 aliphatic rings. The van der Waals surface area contributed by atoms with Gasteiger partial charge in [0.25, 0.3) is 0 Å². The Hall–Kier alpha value is -4.26. The van der Waals surface area contributed by atoms with Crippen molar-refractivity contribution in [2.75, 3.05) is 13.7 Å². The van der Waals surface area contributed by atoms with Crippen molar-refractivity contribution in [3.05, 3.63) is 107 Å². The number of hydrogen-bond acceptors (Lipinski definition) is 7. The van der Waals surface area contributed by atoms with Crippen LogP contribution in [0.1, 0.15) is 28.7 Å². The van der Waals surface area contributed by atoms with E-state index in [9.17, 15) is 14.4 Å². The SMILES string of the molecule is COC(=O)CC(=O)OCc1cccc(COC(=O)CN=C(c2ccccc2)c2ccccc2)c1. The highest BCUT2D eigenvalue weighted by molar-refractivity contribution is 6.13. The van der Waals surface area contributed by atoms with E-state index >= 15 is 0 Å². The molecule has 7 nitrogen and oxygen atoms in total. The number of carbonyl (C=O) groups excluding carboxylic acids is 3. The molecule has 0 saturated heterocycles. The average molecular weight is 459 g/mol. The van der Waals surface area contributed by atoms with Crippen molar-refractivity contribution in [1.29, 1.82) is 0 Å². The molecule has 0 radical (unpaired) electrons. The van der Waals surface area contributed by atoms with Gasteiger partial charge in [-0.25, -0.2) is 0 Å². The first-order chi connectivity index (χ1) is 16.5. The number of aliphatic imine (C=N–C) groups is 1. The number of esters is 3. The van der Waals surface area contributed by atoms with Gasteiger partial charge in [0, 0.05) is 11.1 Å². The van der Waals surface area contributed by atoms with E-state index in [-0.39, 0.29) is 19.8 Å². The van der Waals surface area contributed by atoms with Crippen LogP contribution < -0.4 is 0 Å². The zero-order chi connectivity index (χ0) is 24.2. The van der Waals surface area contributed by atoms with Crippen LogP contribution in [0.25, 0.3) is 0 Å². The van der Waals surface area contributed by atoms with Crippen LogP contribution in [-0.2, 0) is 41.8 Å². The minimum Gasteiger partial charge on any atom is -0.469 e. The molecule has 0 atom stereocenters. The lowest BCUT2D eigenvalue weighted by Crippen LogP contribution is -2.13. The highest BCUT2D eigenvalue weighted by Crippen LogP contribution is 2.12. The molecule has 0 amide bonds. The van der Waals surface area contributed by atoms with Crippen LogP contribution in [0.15, 0.2) is 89.9 Å². The lowest BCUT2D eigenvalue weighted by molar-refractivity contribution is -0.153. The topological polar surface area (TPSA) is 91.3 Å². The lowest BCUT2D eigenvalue weighted by atomic mass is 10.0. The Bertz CT molecular complexity index is 1100. The average Bonchev–Trinajstić information content (AvgIpc) is 2.88. The molecule has 7 heteroatoms. The predicted molar refractivity (Wildman–Crippen MR) is 126 cm³/mol. The van der Waals surface area contributed by atoms with Gasteiger partial charge in [0.1, 0.15) is 26.2 Å². The summed E-state index contributed by atoms with van der Waals surface area (Å²) in [5.74, 6) is -1.79. The molecule has 174 valence electrons. The van der Waals surface area contributed by atoms with Crippen molar-refractivity contribution < 1.29 is 28.6 Å².